The van der Waals surface area contributed by atoms with Crippen LogP contribution in [0.15, 0.2) is 0 Å². The van der Waals surface area contributed by atoms with Crippen molar-refractivity contribution in [3.63, 3.8) is 0 Å². The zero-order valence-corrected chi connectivity index (χ0v) is 17.6. The lowest BCUT2D eigenvalue weighted by atomic mass is 9.60. The molecule has 4 heteroatoms. The Morgan fingerprint density at radius 2 is 1.46 bits per heavy atom. The molecular formula is C20H40Cl2N2. The molecule has 0 aromatic carbocycles. The second-order valence-electron chi connectivity index (χ2n) is 8.70. The van der Waals surface area contributed by atoms with Crippen molar-refractivity contribution in [2.24, 2.45) is 10.8 Å². The van der Waals surface area contributed by atoms with Crippen LogP contribution in [0.1, 0.15) is 84.5 Å². The maximum absolute atomic E-state index is 3.52. The summed E-state index contributed by atoms with van der Waals surface area (Å²) in [4.78, 5) is 2.87. The van der Waals surface area contributed by atoms with Crippen LogP contribution in [-0.2, 0) is 0 Å². The van der Waals surface area contributed by atoms with E-state index in [4.69, 9.17) is 0 Å². The second kappa shape index (κ2) is 10.00. The van der Waals surface area contributed by atoms with Crippen LogP contribution in [-0.4, -0.2) is 37.1 Å². The van der Waals surface area contributed by atoms with E-state index in [1.165, 1.54) is 96.8 Å². The van der Waals surface area contributed by atoms with E-state index in [-0.39, 0.29) is 24.8 Å². The van der Waals surface area contributed by atoms with Crippen LogP contribution in [0.2, 0.25) is 0 Å². The molecule has 2 heterocycles. The Hall–Kier alpha value is 0.500. The molecule has 0 bridgehead atoms. The van der Waals surface area contributed by atoms with Gasteiger partial charge in [-0.2, -0.15) is 0 Å². The molecule has 3 rings (SSSR count). The van der Waals surface area contributed by atoms with Crippen molar-refractivity contribution in [1.29, 1.82) is 0 Å². The molecule has 0 aromatic heterocycles. The standard InChI is InChI=1S/C20H38N2.2ClH/c1-3-7-19(8-4-2)9-11-20(12-10-19)13-16-22(17-20)18-5-14-21-15-6-18;;/h18,21H,3-17H2,1-2H3;2*1H. The first-order valence-corrected chi connectivity index (χ1v) is 10.2. The fourth-order valence-electron chi connectivity index (χ4n) is 5.86. The summed E-state index contributed by atoms with van der Waals surface area (Å²) in [5.74, 6) is 0. The monoisotopic (exact) mass is 378 g/mol. The minimum absolute atomic E-state index is 0. The number of halogens is 2. The highest BCUT2D eigenvalue weighted by Gasteiger charge is 2.46. The molecule has 2 nitrogen and oxygen atoms in total. The largest absolute Gasteiger partial charge is 0.317 e. The van der Waals surface area contributed by atoms with Gasteiger partial charge in [0.25, 0.3) is 0 Å². The maximum atomic E-state index is 3.52. The third-order valence-electron chi connectivity index (χ3n) is 7.22. The van der Waals surface area contributed by atoms with E-state index in [2.05, 4.69) is 24.1 Å². The van der Waals surface area contributed by atoms with Crippen LogP contribution in [0, 0.1) is 10.8 Å². The van der Waals surface area contributed by atoms with E-state index in [1.54, 1.807) is 0 Å². The van der Waals surface area contributed by atoms with Gasteiger partial charge in [0.2, 0.25) is 0 Å². The van der Waals surface area contributed by atoms with Gasteiger partial charge in [0, 0.05) is 12.6 Å². The SMILES string of the molecule is CCCC1(CCC)CCC2(CCN(C3CCNCC3)C2)CC1.Cl.Cl. The Balaban J connectivity index is 0.00000144. The highest BCUT2D eigenvalue weighted by Crippen LogP contribution is 2.53. The second-order valence-corrected chi connectivity index (χ2v) is 8.70. The average molecular weight is 379 g/mol. The van der Waals surface area contributed by atoms with Gasteiger partial charge in [0.05, 0.1) is 0 Å². The Bertz CT molecular complexity index is 340. The third-order valence-corrected chi connectivity index (χ3v) is 7.22. The minimum Gasteiger partial charge on any atom is -0.317 e. The molecule has 0 atom stereocenters. The smallest absolute Gasteiger partial charge is 0.0120 e. The predicted molar refractivity (Wildman–Crippen MR) is 110 cm³/mol. The maximum Gasteiger partial charge on any atom is 0.0120 e. The van der Waals surface area contributed by atoms with Gasteiger partial charge < -0.3 is 5.32 Å². The lowest BCUT2D eigenvalue weighted by Gasteiger charge is -2.46. The van der Waals surface area contributed by atoms with Crippen LogP contribution in [0.3, 0.4) is 0 Å². The van der Waals surface area contributed by atoms with E-state index in [9.17, 15) is 0 Å². The van der Waals surface area contributed by atoms with E-state index < -0.39 is 0 Å². The van der Waals surface area contributed by atoms with E-state index in [0.29, 0.717) is 5.41 Å². The molecule has 1 N–H and O–H groups in total. The molecule has 1 spiro atoms. The first kappa shape index (κ1) is 22.5. The fraction of sp³-hybridized carbons (Fsp3) is 1.00. The molecule has 1 saturated carbocycles. The Morgan fingerprint density at radius 1 is 0.875 bits per heavy atom. The van der Waals surface area contributed by atoms with Crippen molar-refractivity contribution in [2.45, 2.75) is 90.5 Å². The van der Waals surface area contributed by atoms with Gasteiger partial charge in [-0.15, -0.1) is 24.8 Å². The summed E-state index contributed by atoms with van der Waals surface area (Å²) in [7, 11) is 0. The van der Waals surface area contributed by atoms with Crippen molar-refractivity contribution in [2.75, 3.05) is 26.2 Å². The first-order valence-electron chi connectivity index (χ1n) is 10.2. The lowest BCUT2D eigenvalue weighted by molar-refractivity contribution is 0.0588. The number of nitrogens with one attached hydrogen (secondary N) is 1. The molecule has 144 valence electrons. The van der Waals surface area contributed by atoms with Crippen LogP contribution in [0.4, 0.5) is 0 Å². The molecule has 3 aliphatic rings. The highest BCUT2D eigenvalue weighted by atomic mass is 35.5. The summed E-state index contributed by atoms with van der Waals surface area (Å²) in [6.45, 7) is 10.1. The molecule has 1 aliphatic carbocycles. The van der Waals surface area contributed by atoms with Crippen molar-refractivity contribution < 1.29 is 0 Å². The van der Waals surface area contributed by atoms with E-state index in [1.807, 2.05) is 0 Å². The third kappa shape index (κ3) is 5.02. The van der Waals surface area contributed by atoms with Gasteiger partial charge in [-0.1, -0.05) is 26.7 Å². The summed E-state index contributed by atoms with van der Waals surface area (Å²) < 4.78 is 0. The Labute approximate surface area is 162 Å². The van der Waals surface area contributed by atoms with Crippen LogP contribution < -0.4 is 5.32 Å². The first-order chi connectivity index (χ1) is 10.7. The van der Waals surface area contributed by atoms with Crippen molar-refractivity contribution in [3.05, 3.63) is 0 Å². The predicted octanol–water partition coefficient (Wildman–Crippen LogP) is 5.43. The number of nitrogens with zero attached hydrogens (tertiary/aromatic N) is 1. The van der Waals surface area contributed by atoms with Crippen LogP contribution in [0.25, 0.3) is 0 Å². The molecule has 3 fully saturated rings. The summed E-state index contributed by atoms with van der Waals surface area (Å²) in [5, 5.41) is 3.52. The normalized spacial score (nSPS) is 26.8. The van der Waals surface area contributed by atoms with Gasteiger partial charge in [-0.3, -0.25) is 4.90 Å². The van der Waals surface area contributed by atoms with E-state index in [0.717, 1.165) is 11.5 Å². The fourth-order valence-corrected chi connectivity index (χ4v) is 5.86. The van der Waals surface area contributed by atoms with E-state index >= 15 is 0 Å². The van der Waals surface area contributed by atoms with Crippen LogP contribution in [0.5, 0.6) is 0 Å². The minimum atomic E-state index is 0. The topological polar surface area (TPSA) is 15.3 Å². The molecule has 0 amide bonds. The number of hydrogen-bond acceptors (Lipinski definition) is 2. The summed E-state index contributed by atoms with van der Waals surface area (Å²) in [6.07, 6.45) is 16.1. The Kier molecular flexibility index (Phi) is 9.39. The quantitative estimate of drug-likeness (QED) is 0.685. The van der Waals surface area contributed by atoms with Crippen LogP contribution >= 0.6 is 24.8 Å². The number of likely N-dealkylation sites (tertiary alicyclic amines) is 1. The molecule has 24 heavy (non-hydrogen) atoms. The molecular weight excluding hydrogens is 339 g/mol. The molecule has 2 saturated heterocycles. The van der Waals surface area contributed by atoms with Crippen molar-refractivity contribution in [3.8, 4) is 0 Å². The Morgan fingerprint density at radius 3 is 2.00 bits per heavy atom. The van der Waals surface area contributed by atoms with Gasteiger partial charge in [0.1, 0.15) is 0 Å². The number of hydrogen-bond donors (Lipinski definition) is 1. The highest BCUT2D eigenvalue weighted by molar-refractivity contribution is 5.85. The summed E-state index contributed by atoms with van der Waals surface area (Å²) in [6, 6.07) is 0.888. The zero-order chi connectivity index (χ0) is 15.5. The van der Waals surface area contributed by atoms with Crippen molar-refractivity contribution in [1.82, 2.24) is 10.2 Å². The average Bonchev–Trinajstić information content (AvgIpc) is 2.97. The number of rotatable bonds is 5. The van der Waals surface area contributed by atoms with Gasteiger partial charge in [-0.25, -0.2) is 0 Å². The van der Waals surface area contributed by atoms with Gasteiger partial charge in [-0.05, 0) is 88.3 Å². The lowest BCUT2D eigenvalue weighted by Crippen LogP contribution is -2.43. The van der Waals surface area contributed by atoms with Gasteiger partial charge in [0.15, 0.2) is 0 Å². The van der Waals surface area contributed by atoms with Gasteiger partial charge >= 0.3 is 0 Å². The zero-order valence-electron chi connectivity index (χ0n) is 15.9. The van der Waals surface area contributed by atoms with Crippen molar-refractivity contribution >= 4 is 24.8 Å². The number of piperidine rings is 1. The summed E-state index contributed by atoms with van der Waals surface area (Å²) >= 11 is 0. The molecule has 0 aromatic rings. The molecule has 0 unspecified atom stereocenters. The summed E-state index contributed by atoms with van der Waals surface area (Å²) in [5.41, 5.74) is 1.42. The molecule has 0 radical (unpaired) electrons. The molecule has 2 aliphatic heterocycles.